The summed E-state index contributed by atoms with van der Waals surface area (Å²) < 4.78 is 0. The molecule has 0 unspecified atom stereocenters. The lowest BCUT2D eigenvalue weighted by atomic mass is 10.00. The third-order valence-electron chi connectivity index (χ3n) is 10.1. The zero-order chi connectivity index (χ0) is 41.7. The molecular formula is C44H26N8O8. The molecule has 9 rings (SSSR count). The highest BCUT2D eigenvalue weighted by Gasteiger charge is 2.36. The van der Waals surface area contributed by atoms with Gasteiger partial charge in [0.1, 0.15) is 22.4 Å². The minimum Gasteiger partial charge on any atom is -0.349 e. The van der Waals surface area contributed by atoms with Crippen molar-refractivity contribution < 1.29 is 19.7 Å². The van der Waals surface area contributed by atoms with Crippen molar-refractivity contribution in [3.8, 4) is 22.3 Å². The van der Waals surface area contributed by atoms with Crippen LogP contribution < -0.4 is 0 Å². The first-order valence-corrected chi connectivity index (χ1v) is 18.2. The first kappa shape index (κ1) is 36.7. The van der Waals surface area contributed by atoms with E-state index in [0.717, 1.165) is 0 Å². The number of rotatable bonds is 8. The van der Waals surface area contributed by atoms with Gasteiger partial charge < -0.3 is 9.97 Å². The van der Waals surface area contributed by atoms with Gasteiger partial charge in [0.2, 0.25) is 0 Å². The Hall–Kier alpha value is -8.92. The number of hydrogen-bond acceptors (Lipinski definition) is 10. The number of nitrogens with zero attached hydrogens (tertiary/aromatic N) is 6. The molecule has 0 amide bonds. The zero-order valence-corrected chi connectivity index (χ0v) is 30.8. The fourth-order valence-electron chi connectivity index (χ4n) is 7.74. The van der Waals surface area contributed by atoms with Crippen molar-refractivity contribution in [1.82, 2.24) is 19.9 Å². The Balaban J connectivity index is 1.55. The van der Waals surface area contributed by atoms with Gasteiger partial charge in [0.15, 0.2) is 0 Å². The van der Waals surface area contributed by atoms with E-state index in [1.165, 1.54) is 24.3 Å². The van der Waals surface area contributed by atoms with E-state index in [1.54, 1.807) is 121 Å². The van der Waals surface area contributed by atoms with E-state index in [4.69, 9.17) is 9.97 Å². The van der Waals surface area contributed by atoms with Crippen LogP contribution in [-0.4, -0.2) is 39.6 Å². The van der Waals surface area contributed by atoms with Gasteiger partial charge in [-0.15, -0.1) is 0 Å². The Morgan fingerprint density at radius 1 is 0.367 bits per heavy atom. The highest BCUT2D eigenvalue weighted by Crippen LogP contribution is 2.44. The molecule has 16 heteroatoms. The standard InChI is InChI=1S/C44H26N8O8/c53-49(54)41-33-22-30-38(26-15-7-2-8-16-26)43(51(57)58)35(47-30)24-32-40(28-19-11-4-12-20-28)44(52(59)60)36(48-32)23-31-39(27-17-9-3-10-18-27)42(50(55)56)34(46-31)21-29(45-33)37(41)25-13-5-1-6-14-25/h1-24,45,48H. The first-order valence-electron chi connectivity index (χ1n) is 18.2. The summed E-state index contributed by atoms with van der Waals surface area (Å²) in [5.41, 5.74) is -0.598. The van der Waals surface area contributed by atoms with Gasteiger partial charge >= 0.3 is 22.8 Å². The normalized spacial score (nSPS) is 12.4. The number of aromatic amines is 2. The molecule has 4 aromatic carbocycles. The molecule has 0 atom stereocenters. The van der Waals surface area contributed by atoms with Crippen LogP contribution in [0.4, 0.5) is 11.4 Å². The molecule has 2 aliphatic rings. The van der Waals surface area contributed by atoms with Gasteiger partial charge in [-0.05, 0) is 46.5 Å². The largest absolute Gasteiger partial charge is 0.349 e. The van der Waals surface area contributed by atoms with Gasteiger partial charge in [-0.3, -0.25) is 40.5 Å². The highest BCUT2D eigenvalue weighted by molar-refractivity contribution is 6.04. The average molecular weight is 795 g/mol. The molecular weight excluding hydrogens is 769 g/mol. The number of fused-ring (bicyclic) bond motifs is 8. The lowest BCUT2D eigenvalue weighted by Crippen LogP contribution is -1.99. The topological polar surface area (TPSA) is 230 Å². The summed E-state index contributed by atoms with van der Waals surface area (Å²) in [5, 5.41) is 52.5. The minimum atomic E-state index is -0.614. The molecule has 2 aliphatic heterocycles. The SMILES string of the molecule is O=[N+]([O-])C1=C(c2ccccc2)c2cc3[nH]c(cc4nc(cc5[nH]c(cc1n2)c(-c1ccccc1)c5[N+](=O)[O-])C(c1ccccc1)=C4[N+](=O)[O-])c(-c1ccccc1)c3[N+](=O)[O-]. The van der Waals surface area contributed by atoms with Gasteiger partial charge in [0, 0.05) is 0 Å². The van der Waals surface area contributed by atoms with E-state index < -0.39 is 42.5 Å². The number of nitro groups is 4. The molecule has 0 radical (unpaired) electrons. The Morgan fingerprint density at radius 2 is 0.667 bits per heavy atom. The van der Waals surface area contributed by atoms with Crippen LogP contribution >= 0.6 is 0 Å². The third-order valence-corrected chi connectivity index (χ3v) is 10.1. The molecule has 8 bridgehead atoms. The fourth-order valence-corrected chi connectivity index (χ4v) is 7.74. The van der Waals surface area contributed by atoms with Crippen LogP contribution in [0.1, 0.15) is 33.9 Å². The van der Waals surface area contributed by atoms with E-state index in [-0.39, 0.29) is 67.1 Å². The van der Waals surface area contributed by atoms with Gasteiger partial charge in [-0.2, -0.15) is 0 Å². The van der Waals surface area contributed by atoms with Gasteiger partial charge in [0.05, 0.1) is 64.4 Å². The smallest absolute Gasteiger partial charge is 0.304 e. The second kappa shape index (κ2) is 14.5. The molecule has 3 aromatic heterocycles. The highest BCUT2D eigenvalue weighted by atomic mass is 16.6. The molecule has 0 saturated carbocycles. The van der Waals surface area contributed by atoms with Crippen molar-refractivity contribution in [2.24, 2.45) is 0 Å². The molecule has 16 nitrogen and oxygen atoms in total. The molecule has 0 spiro atoms. The number of H-pyrrole nitrogens is 2. The van der Waals surface area contributed by atoms with Crippen molar-refractivity contribution in [3.63, 3.8) is 0 Å². The average Bonchev–Trinajstić information content (AvgIpc) is 3.99. The van der Waals surface area contributed by atoms with E-state index in [1.807, 2.05) is 0 Å². The predicted molar refractivity (Wildman–Crippen MR) is 224 cm³/mol. The first-order chi connectivity index (χ1) is 29.1. The predicted octanol–water partition coefficient (Wildman–Crippen LogP) is 9.85. The summed E-state index contributed by atoms with van der Waals surface area (Å²) in [7, 11) is 0. The minimum absolute atomic E-state index is 0.0260. The van der Waals surface area contributed by atoms with Crippen molar-refractivity contribution in [2.45, 2.75) is 0 Å². The van der Waals surface area contributed by atoms with Crippen LogP contribution in [0.15, 0.2) is 146 Å². The molecule has 5 heterocycles. The lowest BCUT2D eigenvalue weighted by Gasteiger charge is -2.02. The molecule has 7 aromatic rings. The summed E-state index contributed by atoms with van der Waals surface area (Å²) in [6.07, 6.45) is 0. The maximum atomic E-state index is 13.1. The van der Waals surface area contributed by atoms with Crippen molar-refractivity contribution >= 4 is 56.0 Å². The Bertz CT molecular complexity index is 2980. The molecule has 290 valence electrons. The van der Waals surface area contributed by atoms with Crippen LogP contribution in [-0.2, 0) is 0 Å². The Kier molecular flexibility index (Phi) is 8.90. The van der Waals surface area contributed by atoms with Crippen LogP contribution in [0.5, 0.6) is 0 Å². The molecule has 0 saturated heterocycles. The molecule has 0 aliphatic carbocycles. The number of aromatic nitrogens is 4. The van der Waals surface area contributed by atoms with Gasteiger partial charge in [0.25, 0.3) is 0 Å². The monoisotopic (exact) mass is 794 g/mol. The fraction of sp³-hybridized carbons (Fsp3) is 0. The molecule has 0 fully saturated rings. The van der Waals surface area contributed by atoms with E-state index >= 15 is 0 Å². The summed E-state index contributed by atoms with van der Waals surface area (Å²) in [6, 6.07) is 38.7. The molecule has 60 heavy (non-hydrogen) atoms. The molecule has 2 N–H and O–H groups in total. The van der Waals surface area contributed by atoms with Crippen molar-refractivity contribution in [1.29, 1.82) is 0 Å². The number of hydrogen-bond donors (Lipinski definition) is 2. The van der Waals surface area contributed by atoms with Crippen molar-refractivity contribution in [3.05, 3.63) is 220 Å². The van der Waals surface area contributed by atoms with E-state index in [2.05, 4.69) is 9.97 Å². The Labute approximate surface area is 337 Å². The summed E-state index contributed by atoms with van der Waals surface area (Å²) >= 11 is 0. The van der Waals surface area contributed by atoms with Crippen LogP contribution in [0.25, 0.3) is 66.9 Å². The summed E-state index contributed by atoms with van der Waals surface area (Å²) in [5.74, 6) is 0. The maximum absolute atomic E-state index is 13.1. The second-order valence-corrected chi connectivity index (χ2v) is 13.6. The van der Waals surface area contributed by atoms with E-state index in [9.17, 15) is 40.5 Å². The van der Waals surface area contributed by atoms with Gasteiger partial charge in [-0.1, -0.05) is 121 Å². The second-order valence-electron chi connectivity index (χ2n) is 13.6. The zero-order valence-electron chi connectivity index (χ0n) is 30.8. The van der Waals surface area contributed by atoms with Gasteiger partial charge in [-0.25, -0.2) is 9.97 Å². The third kappa shape index (κ3) is 6.22. The number of nitrogens with one attached hydrogen (secondary N) is 2. The van der Waals surface area contributed by atoms with Crippen LogP contribution in [0.2, 0.25) is 0 Å². The lowest BCUT2D eigenvalue weighted by molar-refractivity contribution is -0.382. The van der Waals surface area contributed by atoms with Crippen molar-refractivity contribution in [2.75, 3.05) is 0 Å². The summed E-state index contributed by atoms with van der Waals surface area (Å²) in [4.78, 5) is 65.7. The van der Waals surface area contributed by atoms with Crippen LogP contribution in [0.3, 0.4) is 0 Å². The quantitative estimate of drug-likeness (QED) is 0.109. The Morgan fingerprint density at radius 3 is 0.967 bits per heavy atom. The maximum Gasteiger partial charge on any atom is 0.304 e. The van der Waals surface area contributed by atoms with Crippen LogP contribution in [0, 0.1) is 40.5 Å². The number of benzene rings is 4. The summed E-state index contributed by atoms with van der Waals surface area (Å²) in [6.45, 7) is 0. The van der Waals surface area contributed by atoms with E-state index in [0.29, 0.717) is 22.3 Å².